The Kier molecular flexibility index (Phi) is 7.73. The van der Waals surface area contributed by atoms with Gasteiger partial charge < -0.3 is 24.2 Å². The molecule has 0 radical (unpaired) electrons. The minimum Gasteiger partial charge on any atom is -0.507 e. The van der Waals surface area contributed by atoms with Crippen LogP contribution in [-0.4, -0.2) is 55.0 Å². The molecule has 8 heteroatoms. The topological polar surface area (TPSA) is 102 Å². The third-order valence-electron chi connectivity index (χ3n) is 5.60. The molecule has 1 fully saturated rings. The second-order valence-electron chi connectivity index (χ2n) is 8.17. The summed E-state index contributed by atoms with van der Waals surface area (Å²) in [5.41, 5.74) is 2.45. The highest BCUT2D eigenvalue weighted by molar-refractivity contribution is 6.46. The van der Waals surface area contributed by atoms with Crippen molar-refractivity contribution in [3.63, 3.8) is 0 Å². The first kappa shape index (κ1) is 25.0. The molecule has 1 aliphatic rings. The van der Waals surface area contributed by atoms with E-state index >= 15 is 0 Å². The van der Waals surface area contributed by atoms with E-state index in [9.17, 15) is 19.5 Å². The van der Waals surface area contributed by atoms with Gasteiger partial charge in [-0.05, 0) is 55.2 Å². The molecule has 1 aliphatic heterocycles. The number of aryl methyl sites for hydroxylation is 2. The summed E-state index contributed by atoms with van der Waals surface area (Å²) in [5.74, 6) is -1.63. The van der Waals surface area contributed by atoms with Gasteiger partial charge in [-0.1, -0.05) is 18.2 Å². The second-order valence-corrected chi connectivity index (χ2v) is 8.17. The number of aliphatic hydroxyl groups is 1. The summed E-state index contributed by atoms with van der Waals surface area (Å²) in [7, 11) is 3.04. The quantitative estimate of drug-likeness (QED) is 0.158. The maximum atomic E-state index is 13.2. The summed E-state index contributed by atoms with van der Waals surface area (Å²) in [6.07, 6.45) is 0.497. The van der Waals surface area contributed by atoms with Gasteiger partial charge in [0.25, 0.3) is 11.7 Å². The van der Waals surface area contributed by atoms with E-state index in [2.05, 4.69) is 0 Å². The highest BCUT2D eigenvalue weighted by Crippen LogP contribution is 2.42. The lowest BCUT2D eigenvalue weighted by molar-refractivity contribution is -0.140. The van der Waals surface area contributed by atoms with Crippen LogP contribution in [0.1, 0.15) is 41.6 Å². The highest BCUT2D eigenvalue weighted by Gasteiger charge is 2.46. The first-order chi connectivity index (χ1) is 16.2. The van der Waals surface area contributed by atoms with Gasteiger partial charge in [-0.15, -0.1) is 0 Å². The molecule has 2 aromatic rings. The molecule has 1 N–H and O–H groups in total. The van der Waals surface area contributed by atoms with Gasteiger partial charge in [-0.3, -0.25) is 14.4 Å². The number of nitrogens with zero attached hydrogens (tertiary/aromatic N) is 1. The van der Waals surface area contributed by atoms with Crippen LogP contribution >= 0.6 is 0 Å². The van der Waals surface area contributed by atoms with Crippen LogP contribution in [0, 0.1) is 13.8 Å². The number of ketones is 1. The number of rotatable bonds is 8. The van der Waals surface area contributed by atoms with E-state index < -0.39 is 23.7 Å². The molecule has 1 saturated heterocycles. The van der Waals surface area contributed by atoms with E-state index in [1.165, 1.54) is 18.9 Å². The number of benzene rings is 2. The normalized spacial score (nSPS) is 17.2. The fourth-order valence-electron chi connectivity index (χ4n) is 4.30. The van der Waals surface area contributed by atoms with Crippen molar-refractivity contribution in [1.82, 2.24) is 4.90 Å². The van der Waals surface area contributed by atoms with E-state index in [4.69, 9.17) is 14.2 Å². The SMILES string of the molecule is COCCCN1C(=O)C(=O)/C(=C(/O)c2cc(C)cc(C)c2OC)C1c1cccc(OC(C)=O)c1. The molecule has 180 valence electrons. The number of aliphatic hydroxyl groups excluding tert-OH is 1. The monoisotopic (exact) mass is 467 g/mol. The van der Waals surface area contributed by atoms with Crippen LogP contribution in [0.4, 0.5) is 0 Å². The number of ether oxygens (including phenoxy) is 3. The Bertz CT molecular complexity index is 1150. The smallest absolute Gasteiger partial charge is 0.308 e. The Morgan fingerprint density at radius 1 is 1.12 bits per heavy atom. The molecule has 3 rings (SSSR count). The van der Waals surface area contributed by atoms with Gasteiger partial charge in [-0.2, -0.15) is 0 Å². The first-order valence-corrected chi connectivity index (χ1v) is 10.9. The van der Waals surface area contributed by atoms with E-state index in [-0.39, 0.29) is 23.6 Å². The number of esters is 1. The van der Waals surface area contributed by atoms with Crippen molar-refractivity contribution in [3.8, 4) is 11.5 Å². The van der Waals surface area contributed by atoms with Gasteiger partial charge in [0.2, 0.25) is 0 Å². The summed E-state index contributed by atoms with van der Waals surface area (Å²) >= 11 is 0. The van der Waals surface area contributed by atoms with Gasteiger partial charge in [0.15, 0.2) is 0 Å². The van der Waals surface area contributed by atoms with E-state index in [1.54, 1.807) is 37.4 Å². The zero-order chi connectivity index (χ0) is 25.0. The Hall–Kier alpha value is -3.65. The molecule has 0 aromatic heterocycles. The lowest BCUT2D eigenvalue weighted by Gasteiger charge is -2.25. The van der Waals surface area contributed by atoms with Crippen molar-refractivity contribution in [3.05, 3.63) is 64.2 Å². The molecule has 0 aliphatic carbocycles. The zero-order valence-electron chi connectivity index (χ0n) is 20.0. The Morgan fingerprint density at radius 2 is 1.85 bits per heavy atom. The van der Waals surface area contributed by atoms with E-state index in [0.717, 1.165) is 11.1 Å². The highest BCUT2D eigenvalue weighted by atomic mass is 16.5. The second kappa shape index (κ2) is 10.5. The molecule has 2 aromatic carbocycles. The number of likely N-dealkylation sites (tertiary alicyclic amines) is 1. The summed E-state index contributed by atoms with van der Waals surface area (Å²) in [6.45, 7) is 5.63. The number of hydrogen-bond donors (Lipinski definition) is 1. The fourth-order valence-corrected chi connectivity index (χ4v) is 4.30. The van der Waals surface area contributed by atoms with Crippen molar-refractivity contribution in [2.45, 2.75) is 33.2 Å². The molecule has 1 heterocycles. The molecule has 1 amide bonds. The third-order valence-corrected chi connectivity index (χ3v) is 5.60. The van der Waals surface area contributed by atoms with Crippen molar-refractivity contribution in [2.24, 2.45) is 0 Å². The summed E-state index contributed by atoms with van der Waals surface area (Å²) < 4.78 is 15.8. The number of carbonyl (C=O) groups is 3. The number of amides is 1. The number of methoxy groups -OCH3 is 2. The standard InChI is InChI=1S/C26H29NO7/c1-15-12-16(2)25(33-5)20(13-15)23(29)21-22(18-8-6-9-19(14-18)34-17(3)28)27(10-7-11-32-4)26(31)24(21)30/h6,8-9,12-14,22,29H,7,10-11H2,1-5H3/b23-21+. The van der Waals surface area contributed by atoms with E-state index in [1.807, 2.05) is 19.9 Å². The van der Waals surface area contributed by atoms with Crippen LogP contribution < -0.4 is 9.47 Å². The van der Waals surface area contributed by atoms with Gasteiger partial charge >= 0.3 is 5.97 Å². The predicted octanol–water partition coefficient (Wildman–Crippen LogP) is 3.70. The fraction of sp³-hybridized carbons (Fsp3) is 0.346. The largest absolute Gasteiger partial charge is 0.507 e. The predicted molar refractivity (Wildman–Crippen MR) is 126 cm³/mol. The van der Waals surface area contributed by atoms with Gasteiger partial charge in [0, 0.05) is 27.2 Å². The van der Waals surface area contributed by atoms with Gasteiger partial charge in [0.05, 0.1) is 24.3 Å². The summed E-state index contributed by atoms with van der Waals surface area (Å²) in [5, 5.41) is 11.4. The maximum Gasteiger partial charge on any atom is 0.308 e. The molecule has 0 bridgehead atoms. The maximum absolute atomic E-state index is 13.2. The third kappa shape index (κ3) is 4.97. The molecule has 8 nitrogen and oxygen atoms in total. The van der Waals surface area contributed by atoms with Crippen LogP contribution in [0.15, 0.2) is 42.0 Å². The minimum atomic E-state index is -0.877. The molecule has 1 atom stereocenters. The molecule has 0 spiro atoms. The molecule has 0 saturated carbocycles. The number of hydrogen-bond acceptors (Lipinski definition) is 7. The Morgan fingerprint density at radius 3 is 2.50 bits per heavy atom. The van der Waals surface area contributed by atoms with Crippen molar-refractivity contribution in [1.29, 1.82) is 0 Å². The van der Waals surface area contributed by atoms with Crippen LogP contribution in [0.25, 0.3) is 5.76 Å². The molecule has 1 unspecified atom stereocenters. The van der Waals surface area contributed by atoms with Gasteiger partial charge in [0.1, 0.15) is 17.3 Å². The van der Waals surface area contributed by atoms with Crippen molar-refractivity contribution in [2.75, 3.05) is 27.4 Å². The molecule has 34 heavy (non-hydrogen) atoms. The first-order valence-electron chi connectivity index (χ1n) is 10.9. The van der Waals surface area contributed by atoms with Crippen LogP contribution in [-0.2, 0) is 19.1 Å². The van der Waals surface area contributed by atoms with Gasteiger partial charge in [-0.25, -0.2) is 0 Å². The average molecular weight is 468 g/mol. The van der Waals surface area contributed by atoms with E-state index in [0.29, 0.717) is 29.9 Å². The minimum absolute atomic E-state index is 0.0503. The zero-order valence-corrected chi connectivity index (χ0v) is 20.0. The van der Waals surface area contributed by atoms with Crippen LogP contribution in [0.5, 0.6) is 11.5 Å². The summed E-state index contributed by atoms with van der Waals surface area (Å²) in [6, 6.07) is 9.32. The van der Waals surface area contributed by atoms with Crippen LogP contribution in [0.3, 0.4) is 0 Å². The summed E-state index contributed by atoms with van der Waals surface area (Å²) in [4.78, 5) is 39.1. The van der Waals surface area contributed by atoms with Crippen molar-refractivity contribution < 1.29 is 33.7 Å². The Labute approximate surface area is 198 Å². The lowest BCUT2D eigenvalue weighted by Crippen LogP contribution is -2.31. The number of carbonyl (C=O) groups excluding carboxylic acids is 3. The van der Waals surface area contributed by atoms with Crippen molar-refractivity contribution >= 4 is 23.4 Å². The lowest BCUT2D eigenvalue weighted by atomic mass is 9.93. The molecular formula is C26H29NO7. The average Bonchev–Trinajstić information content (AvgIpc) is 3.03. The number of Topliss-reactive ketones (excluding diaryl/α,β-unsaturated/α-hetero) is 1. The van der Waals surface area contributed by atoms with Crippen LogP contribution in [0.2, 0.25) is 0 Å². The molecular weight excluding hydrogens is 438 g/mol. The Balaban J connectivity index is 2.23.